The summed E-state index contributed by atoms with van der Waals surface area (Å²) in [5, 5.41) is 3.14. The molecule has 1 saturated heterocycles. The molecule has 6 heteroatoms. The highest BCUT2D eigenvalue weighted by Crippen LogP contribution is 2.24. The number of carbonyl (C=O) groups excluding carboxylic acids is 1. The van der Waals surface area contributed by atoms with Crippen LogP contribution < -0.4 is 20.9 Å². The van der Waals surface area contributed by atoms with Gasteiger partial charge in [-0.1, -0.05) is 12.1 Å². The standard InChI is InChI=1S/C17H20N4O2/c1-23-15-4-2-12(3-5-15)16(13-6-8-18-9-7-13)21-17(22)14-10-19-20-11-14/h2-9,14,16,19-20H,10-11H2,1H3,(H,21,22). The Bertz CT molecular complexity index is 639. The van der Waals surface area contributed by atoms with Crippen LogP contribution in [0.1, 0.15) is 17.2 Å². The largest absolute Gasteiger partial charge is 0.497 e. The number of hydrazine groups is 1. The maximum absolute atomic E-state index is 12.5. The number of aromatic nitrogens is 1. The molecule has 6 nitrogen and oxygen atoms in total. The molecule has 1 atom stereocenters. The van der Waals surface area contributed by atoms with E-state index in [1.807, 2.05) is 36.4 Å². The minimum Gasteiger partial charge on any atom is -0.497 e. The van der Waals surface area contributed by atoms with Gasteiger partial charge in [0.15, 0.2) is 0 Å². The summed E-state index contributed by atoms with van der Waals surface area (Å²) in [7, 11) is 1.64. The highest BCUT2D eigenvalue weighted by atomic mass is 16.5. The Hall–Kier alpha value is -2.44. The van der Waals surface area contributed by atoms with E-state index in [1.165, 1.54) is 0 Å². The molecule has 1 amide bonds. The van der Waals surface area contributed by atoms with Gasteiger partial charge in [0, 0.05) is 25.5 Å². The highest BCUT2D eigenvalue weighted by molar-refractivity contribution is 5.80. The summed E-state index contributed by atoms with van der Waals surface area (Å²) >= 11 is 0. The third kappa shape index (κ3) is 3.67. The van der Waals surface area contributed by atoms with Crippen LogP contribution >= 0.6 is 0 Å². The predicted molar refractivity (Wildman–Crippen MR) is 86.7 cm³/mol. The van der Waals surface area contributed by atoms with Crippen LogP contribution in [0, 0.1) is 5.92 Å². The molecular weight excluding hydrogens is 292 g/mol. The number of carbonyl (C=O) groups is 1. The maximum atomic E-state index is 12.5. The van der Waals surface area contributed by atoms with Gasteiger partial charge in [-0.05, 0) is 35.4 Å². The van der Waals surface area contributed by atoms with Crippen molar-refractivity contribution in [1.82, 2.24) is 21.2 Å². The van der Waals surface area contributed by atoms with Crippen LogP contribution in [0.2, 0.25) is 0 Å². The predicted octanol–water partition coefficient (Wildman–Crippen LogP) is 1.02. The summed E-state index contributed by atoms with van der Waals surface area (Å²) in [6.07, 6.45) is 3.47. The SMILES string of the molecule is COc1ccc(C(NC(=O)C2CNNC2)c2ccncc2)cc1. The number of nitrogens with zero attached hydrogens (tertiary/aromatic N) is 1. The molecule has 1 aromatic carbocycles. The molecule has 1 unspecified atom stereocenters. The van der Waals surface area contributed by atoms with Crippen molar-refractivity contribution < 1.29 is 9.53 Å². The van der Waals surface area contributed by atoms with E-state index in [1.54, 1.807) is 19.5 Å². The molecule has 0 bridgehead atoms. The van der Waals surface area contributed by atoms with Crippen LogP contribution in [0.5, 0.6) is 5.75 Å². The number of rotatable bonds is 5. The Morgan fingerprint density at radius 2 is 1.74 bits per heavy atom. The number of ether oxygens (including phenoxy) is 1. The number of hydrogen-bond donors (Lipinski definition) is 3. The van der Waals surface area contributed by atoms with Gasteiger partial charge in [-0.3, -0.25) is 20.6 Å². The maximum Gasteiger partial charge on any atom is 0.226 e. The first-order chi connectivity index (χ1) is 11.3. The Kier molecular flexibility index (Phi) is 4.85. The second-order valence-corrected chi connectivity index (χ2v) is 5.45. The monoisotopic (exact) mass is 312 g/mol. The van der Waals surface area contributed by atoms with E-state index in [2.05, 4.69) is 21.2 Å². The van der Waals surface area contributed by atoms with Crippen LogP contribution in [-0.4, -0.2) is 31.1 Å². The van der Waals surface area contributed by atoms with Crippen molar-refractivity contribution >= 4 is 5.91 Å². The topological polar surface area (TPSA) is 75.3 Å². The van der Waals surface area contributed by atoms with E-state index in [4.69, 9.17) is 4.74 Å². The lowest BCUT2D eigenvalue weighted by Gasteiger charge is -2.21. The molecule has 0 aliphatic carbocycles. The third-order valence-electron chi connectivity index (χ3n) is 3.97. The molecule has 120 valence electrons. The zero-order chi connectivity index (χ0) is 16.1. The van der Waals surface area contributed by atoms with Gasteiger partial charge in [0.05, 0.1) is 19.1 Å². The fourth-order valence-electron chi connectivity index (χ4n) is 2.62. The van der Waals surface area contributed by atoms with E-state index in [-0.39, 0.29) is 17.9 Å². The normalized spacial score (nSPS) is 16.0. The number of hydrogen-bond acceptors (Lipinski definition) is 5. The molecule has 0 spiro atoms. The number of methoxy groups -OCH3 is 1. The van der Waals surface area contributed by atoms with Crippen LogP contribution in [0.4, 0.5) is 0 Å². The smallest absolute Gasteiger partial charge is 0.226 e. The molecule has 0 radical (unpaired) electrons. The van der Waals surface area contributed by atoms with Crippen LogP contribution in [0.3, 0.4) is 0 Å². The van der Waals surface area contributed by atoms with E-state index >= 15 is 0 Å². The van der Waals surface area contributed by atoms with E-state index in [0.717, 1.165) is 16.9 Å². The third-order valence-corrected chi connectivity index (χ3v) is 3.97. The van der Waals surface area contributed by atoms with Crippen molar-refractivity contribution in [1.29, 1.82) is 0 Å². The molecule has 23 heavy (non-hydrogen) atoms. The zero-order valence-corrected chi connectivity index (χ0v) is 13.0. The van der Waals surface area contributed by atoms with Gasteiger partial charge >= 0.3 is 0 Å². The molecule has 1 fully saturated rings. The first kappa shape index (κ1) is 15.5. The van der Waals surface area contributed by atoms with Gasteiger partial charge in [-0.15, -0.1) is 0 Å². The summed E-state index contributed by atoms with van der Waals surface area (Å²) in [5.74, 6) is 0.746. The van der Waals surface area contributed by atoms with Gasteiger partial charge in [-0.2, -0.15) is 0 Å². The summed E-state index contributed by atoms with van der Waals surface area (Å²) in [5.41, 5.74) is 7.97. The van der Waals surface area contributed by atoms with Gasteiger partial charge in [0.25, 0.3) is 0 Å². The molecular formula is C17H20N4O2. The Morgan fingerprint density at radius 3 is 2.35 bits per heavy atom. The van der Waals surface area contributed by atoms with E-state index in [9.17, 15) is 4.79 Å². The van der Waals surface area contributed by atoms with Crippen LogP contribution in [0.25, 0.3) is 0 Å². The van der Waals surface area contributed by atoms with E-state index < -0.39 is 0 Å². The highest BCUT2D eigenvalue weighted by Gasteiger charge is 2.25. The molecule has 1 aromatic heterocycles. The van der Waals surface area contributed by atoms with Crippen molar-refractivity contribution in [3.05, 3.63) is 59.9 Å². The number of nitrogens with one attached hydrogen (secondary N) is 3. The van der Waals surface area contributed by atoms with Crippen molar-refractivity contribution in [3.8, 4) is 5.75 Å². The molecule has 1 aliphatic heterocycles. The van der Waals surface area contributed by atoms with E-state index in [0.29, 0.717) is 13.1 Å². The summed E-state index contributed by atoms with van der Waals surface area (Å²) in [6, 6.07) is 11.4. The average Bonchev–Trinajstić information content (AvgIpc) is 3.15. The molecule has 0 saturated carbocycles. The Labute approximate surface area is 135 Å². The first-order valence-corrected chi connectivity index (χ1v) is 7.58. The van der Waals surface area contributed by atoms with Crippen molar-refractivity contribution in [2.24, 2.45) is 5.92 Å². The molecule has 2 aromatic rings. The molecule has 3 rings (SSSR count). The first-order valence-electron chi connectivity index (χ1n) is 7.58. The van der Waals surface area contributed by atoms with Crippen LogP contribution in [0.15, 0.2) is 48.8 Å². The zero-order valence-electron chi connectivity index (χ0n) is 13.0. The van der Waals surface area contributed by atoms with Crippen LogP contribution in [-0.2, 0) is 4.79 Å². The summed E-state index contributed by atoms with van der Waals surface area (Å²) < 4.78 is 5.20. The second-order valence-electron chi connectivity index (χ2n) is 5.45. The van der Waals surface area contributed by atoms with Gasteiger partial charge in [-0.25, -0.2) is 0 Å². The number of amides is 1. The lowest BCUT2D eigenvalue weighted by Crippen LogP contribution is -2.36. The average molecular weight is 312 g/mol. The lowest BCUT2D eigenvalue weighted by molar-refractivity contribution is -0.124. The van der Waals surface area contributed by atoms with Gasteiger partial charge < -0.3 is 10.1 Å². The van der Waals surface area contributed by atoms with Gasteiger partial charge in [0.2, 0.25) is 5.91 Å². The fourth-order valence-corrected chi connectivity index (χ4v) is 2.62. The summed E-state index contributed by atoms with van der Waals surface area (Å²) in [4.78, 5) is 16.5. The molecule has 2 heterocycles. The van der Waals surface area contributed by atoms with Gasteiger partial charge in [0.1, 0.15) is 5.75 Å². The Morgan fingerprint density at radius 1 is 1.13 bits per heavy atom. The fraction of sp³-hybridized carbons (Fsp3) is 0.294. The minimum atomic E-state index is -0.211. The Balaban J connectivity index is 1.85. The van der Waals surface area contributed by atoms with Crippen molar-refractivity contribution in [2.75, 3.05) is 20.2 Å². The minimum absolute atomic E-state index is 0.0279. The van der Waals surface area contributed by atoms with Crippen molar-refractivity contribution in [3.63, 3.8) is 0 Å². The van der Waals surface area contributed by atoms with Crippen molar-refractivity contribution in [2.45, 2.75) is 6.04 Å². The lowest BCUT2D eigenvalue weighted by atomic mass is 9.98. The quantitative estimate of drug-likeness (QED) is 0.768. The molecule has 3 N–H and O–H groups in total. The second kappa shape index (κ2) is 7.21. The summed E-state index contributed by atoms with van der Waals surface area (Å²) in [6.45, 7) is 1.27. The molecule has 1 aliphatic rings. The number of benzene rings is 1. The number of pyridine rings is 1.